The summed E-state index contributed by atoms with van der Waals surface area (Å²) in [4.78, 5) is 11.1. The Balaban J connectivity index is 2.40. The smallest absolute Gasteiger partial charge is 0.396 e. The molecule has 0 aliphatic carbocycles. The first-order valence-corrected chi connectivity index (χ1v) is 5.24. The Labute approximate surface area is 106 Å². The molecule has 2 rings (SSSR count). The third-order valence-corrected chi connectivity index (χ3v) is 2.33. The van der Waals surface area contributed by atoms with Gasteiger partial charge in [-0.2, -0.15) is 0 Å². The van der Waals surface area contributed by atoms with Gasteiger partial charge in [0.05, 0.1) is 7.11 Å². The van der Waals surface area contributed by atoms with Gasteiger partial charge in [-0.15, -0.1) is 10.2 Å². The number of benzene rings is 1. The molecule has 0 aliphatic rings. The predicted molar refractivity (Wildman–Crippen MR) is 61.1 cm³/mol. The van der Waals surface area contributed by atoms with Crippen molar-refractivity contribution >= 4 is 29.2 Å². The molecule has 2 aromatic rings. The standard InChI is InChI=1S/C10H6Cl2N2O3/c1-16-10(15)9-14-13-8(17-9)5-2-6(11)4-7(12)3-5/h2-4H,1H3. The zero-order chi connectivity index (χ0) is 12.4. The van der Waals surface area contributed by atoms with Gasteiger partial charge in [0.15, 0.2) is 0 Å². The topological polar surface area (TPSA) is 65.2 Å². The third kappa shape index (κ3) is 2.57. The molecule has 0 spiro atoms. The Morgan fingerprint density at radius 1 is 1.24 bits per heavy atom. The number of carbonyl (C=O) groups is 1. The molecule has 0 fully saturated rings. The molecule has 1 aromatic carbocycles. The van der Waals surface area contributed by atoms with Crippen LogP contribution in [-0.4, -0.2) is 23.3 Å². The number of carbonyl (C=O) groups excluding carboxylic acids is 1. The summed E-state index contributed by atoms with van der Waals surface area (Å²) in [5.41, 5.74) is 0.533. The molecule has 0 amide bonds. The predicted octanol–water partition coefficient (Wildman–Crippen LogP) is 2.83. The third-order valence-electron chi connectivity index (χ3n) is 1.89. The van der Waals surface area contributed by atoms with Crippen LogP contribution in [0.15, 0.2) is 22.6 Å². The maximum atomic E-state index is 11.1. The van der Waals surface area contributed by atoms with Gasteiger partial charge in [-0.05, 0) is 18.2 Å². The Morgan fingerprint density at radius 3 is 2.47 bits per heavy atom. The maximum Gasteiger partial charge on any atom is 0.396 e. The number of aromatic nitrogens is 2. The van der Waals surface area contributed by atoms with Crippen LogP contribution in [0.5, 0.6) is 0 Å². The average Bonchev–Trinajstić information content (AvgIpc) is 2.76. The number of hydrogen-bond donors (Lipinski definition) is 0. The minimum absolute atomic E-state index is 0.148. The molecular weight excluding hydrogens is 267 g/mol. The minimum atomic E-state index is -0.697. The van der Waals surface area contributed by atoms with Crippen LogP contribution in [-0.2, 0) is 4.74 Å². The lowest BCUT2D eigenvalue weighted by atomic mass is 10.2. The molecule has 0 N–H and O–H groups in total. The highest BCUT2D eigenvalue weighted by atomic mass is 35.5. The van der Waals surface area contributed by atoms with E-state index in [9.17, 15) is 4.79 Å². The molecule has 0 unspecified atom stereocenters. The number of nitrogens with zero attached hydrogens (tertiary/aromatic N) is 2. The molecule has 0 radical (unpaired) electrons. The van der Waals surface area contributed by atoms with E-state index in [4.69, 9.17) is 27.6 Å². The quantitative estimate of drug-likeness (QED) is 0.787. The van der Waals surface area contributed by atoms with Crippen LogP contribution in [0.25, 0.3) is 11.5 Å². The zero-order valence-electron chi connectivity index (χ0n) is 8.61. The SMILES string of the molecule is COC(=O)c1nnc(-c2cc(Cl)cc(Cl)c2)o1. The number of esters is 1. The summed E-state index contributed by atoms with van der Waals surface area (Å²) in [7, 11) is 1.22. The molecular formula is C10H6Cl2N2O3. The van der Waals surface area contributed by atoms with Crippen molar-refractivity contribution in [2.45, 2.75) is 0 Å². The summed E-state index contributed by atoms with van der Waals surface area (Å²) < 4.78 is 9.56. The Morgan fingerprint density at radius 2 is 1.88 bits per heavy atom. The average molecular weight is 273 g/mol. The second kappa shape index (κ2) is 4.73. The van der Waals surface area contributed by atoms with Gasteiger partial charge in [-0.1, -0.05) is 23.2 Å². The van der Waals surface area contributed by atoms with Crippen molar-refractivity contribution in [1.29, 1.82) is 0 Å². The number of halogens is 2. The highest BCUT2D eigenvalue weighted by molar-refractivity contribution is 6.35. The van der Waals surface area contributed by atoms with Gasteiger partial charge in [0.2, 0.25) is 5.89 Å². The number of ether oxygens (including phenoxy) is 1. The van der Waals surface area contributed by atoms with Crippen molar-refractivity contribution in [2.75, 3.05) is 7.11 Å². The highest BCUT2D eigenvalue weighted by Gasteiger charge is 2.16. The molecule has 0 saturated carbocycles. The number of hydrogen-bond acceptors (Lipinski definition) is 5. The molecule has 0 atom stereocenters. The van der Waals surface area contributed by atoms with Crippen molar-refractivity contribution in [3.8, 4) is 11.5 Å². The first-order chi connectivity index (χ1) is 8.10. The van der Waals surface area contributed by atoms with E-state index in [1.807, 2.05) is 0 Å². The fourth-order valence-corrected chi connectivity index (χ4v) is 1.71. The molecule has 5 nitrogen and oxygen atoms in total. The van der Waals surface area contributed by atoms with E-state index in [1.165, 1.54) is 7.11 Å². The van der Waals surface area contributed by atoms with Gasteiger partial charge >= 0.3 is 11.9 Å². The van der Waals surface area contributed by atoms with E-state index in [0.29, 0.717) is 15.6 Å². The fraction of sp³-hybridized carbons (Fsp3) is 0.100. The lowest BCUT2D eigenvalue weighted by Crippen LogP contribution is -2.00. The highest BCUT2D eigenvalue weighted by Crippen LogP contribution is 2.26. The van der Waals surface area contributed by atoms with Gasteiger partial charge in [0.1, 0.15) is 0 Å². The van der Waals surface area contributed by atoms with E-state index in [-0.39, 0.29) is 11.8 Å². The summed E-state index contributed by atoms with van der Waals surface area (Å²) >= 11 is 11.7. The minimum Gasteiger partial charge on any atom is -0.462 e. The number of rotatable bonds is 2. The summed E-state index contributed by atoms with van der Waals surface area (Å²) in [6.07, 6.45) is 0. The lowest BCUT2D eigenvalue weighted by molar-refractivity contribution is 0.0556. The number of methoxy groups -OCH3 is 1. The molecule has 0 bridgehead atoms. The summed E-state index contributed by atoms with van der Waals surface area (Å²) in [6, 6.07) is 4.77. The lowest BCUT2D eigenvalue weighted by Gasteiger charge is -1.97. The van der Waals surface area contributed by atoms with Crippen LogP contribution >= 0.6 is 23.2 Å². The fourth-order valence-electron chi connectivity index (χ4n) is 1.19. The molecule has 17 heavy (non-hydrogen) atoms. The van der Waals surface area contributed by atoms with Crippen molar-refractivity contribution < 1.29 is 13.9 Å². The first kappa shape index (κ1) is 11.9. The van der Waals surface area contributed by atoms with Gasteiger partial charge in [0, 0.05) is 15.6 Å². The Bertz CT molecular complexity index is 548. The van der Waals surface area contributed by atoms with E-state index in [2.05, 4.69) is 14.9 Å². The molecule has 1 aromatic heterocycles. The van der Waals surface area contributed by atoms with E-state index < -0.39 is 5.97 Å². The zero-order valence-corrected chi connectivity index (χ0v) is 10.1. The summed E-state index contributed by atoms with van der Waals surface area (Å²) in [5.74, 6) is -0.773. The molecule has 0 aliphatic heterocycles. The van der Waals surface area contributed by atoms with Gasteiger partial charge < -0.3 is 9.15 Å². The Kier molecular flexibility index (Phi) is 3.31. The van der Waals surface area contributed by atoms with Gasteiger partial charge in [-0.25, -0.2) is 4.79 Å². The monoisotopic (exact) mass is 272 g/mol. The molecule has 1 heterocycles. The second-order valence-corrected chi connectivity index (χ2v) is 3.93. The molecule has 0 saturated heterocycles. The van der Waals surface area contributed by atoms with Crippen LogP contribution in [0.2, 0.25) is 10.0 Å². The molecule has 7 heteroatoms. The largest absolute Gasteiger partial charge is 0.462 e. The summed E-state index contributed by atoms with van der Waals surface area (Å²) in [5, 5.41) is 8.12. The van der Waals surface area contributed by atoms with Crippen molar-refractivity contribution in [2.24, 2.45) is 0 Å². The first-order valence-electron chi connectivity index (χ1n) is 4.48. The molecule has 88 valence electrons. The van der Waals surface area contributed by atoms with E-state index in [0.717, 1.165) is 0 Å². The van der Waals surface area contributed by atoms with Crippen LogP contribution in [0.4, 0.5) is 0 Å². The van der Waals surface area contributed by atoms with Crippen molar-refractivity contribution in [3.63, 3.8) is 0 Å². The van der Waals surface area contributed by atoms with Gasteiger partial charge in [0.25, 0.3) is 0 Å². The van der Waals surface area contributed by atoms with Crippen LogP contribution < -0.4 is 0 Å². The van der Waals surface area contributed by atoms with Crippen LogP contribution in [0, 0.1) is 0 Å². The van der Waals surface area contributed by atoms with Crippen molar-refractivity contribution in [3.05, 3.63) is 34.1 Å². The van der Waals surface area contributed by atoms with Gasteiger partial charge in [-0.3, -0.25) is 0 Å². The Hall–Kier alpha value is -1.59. The van der Waals surface area contributed by atoms with Crippen molar-refractivity contribution in [1.82, 2.24) is 10.2 Å². The van der Waals surface area contributed by atoms with E-state index >= 15 is 0 Å². The maximum absolute atomic E-state index is 11.1. The van der Waals surface area contributed by atoms with E-state index in [1.54, 1.807) is 18.2 Å². The normalized spacial score (nSPS) is 10.3. The van der Waals surface area contributed by atoms with Crippen LogP contribution in [0.1, 0.15) is 10.7 Å². The van der Waals surface area contributed by atoms with Crippen LogP contribution in [0.3, 0.4) is 0 Å². The second-order valence-electron chi connectivity index (χ2n) is 3.06. The summed E-state index contributed by atoms with van der Waals surface area (Å²) in [6.45, 7) is 0.